The van der Waals surface area contributed by atoms with E-state index in [1.807, 2.05) is 6.92 Å². The smallest absolute Gasteiger partial charge is 0.407 e. The number of aromatic nitrogens is 1. The van der Waals surface area contributed by atoms with Gasteiger partial charge in [-0.15, -0.1) is 0 Å². The summed E-state index contributed by atoms with van der Waals surface area (Å²) in [5.41, 5.74) is 7.30. The summed E-state index contributed by atoms with van der Waals surface area (Å²) in [5.74, 6) is 0.854. The maximum atomic E-state index is 12.3. The number of ether oxygens (including phenoxy) is 2. The maximum Gasteiger partial charge on any atom is 0.407 e. The van der Waals surface area contributed by atoms with E-state index in [2.05, 4.69) is 26.5 Å². The third-order valence-corrected chi connectivity index (χ3v) is 5.23. The van der Waals surface area contributed by atoms with Crippen LogP contribution in [-0.2, 0) is 16.0 Å². The molecular weight excluding hydrogens is 362 g/mol. The molecule has 28 heavy (non-hydrogen) atoms. The van der Waals surface area contributed by atoms with Crippen molar-refractivity contribution in [2.45, 2.75) is 57.3 Å². The van der Waals surface area contributed by atoms with Gasteiger partial charge in [-0.3, -0.25) is 10.2 Å². The van der Waals surface area contributed by atoms with Crippen molar-refractivity contribution >= 4 is 12.0 Å². The molecule has 0 aromatic carbocycles. The molecule has 1 saturated heterocycles. The lowest BCUT2D eigenvalue weighted by atomic mass is 9.96. The van der Waals surface area contributed by atoms with E-state index in [0.29, 0.717) is 18.3 Å². The van der Waals surface area contributed by atoms with Crippen molar-refractivity contribution in [2.75, 3.05) is 13.7 Å². The minimum absolute atomic E-state index is 0.0336. The van der Waals surface area contributed by atoms with Crippen LogP contribution < -0.4 is 26.2 Å². The van der Waals surface area contributed by atoms with Gasteiger partial charge >= 0.3 is 6.09 Å². The van der Waals surface area contributed by atoms with Crippen LogP contribution in [0.4, 0.5) is 4.79 Å². The van der Waals surface area contributed by atoms with E-state index in [1.165, 1.54) is 0 Å². The first kappa shape index (κ1) is 20.3. The van der Waals surface area contributed by atoms with Gasteiger partial charge in [-0.25, -0.2) is 15.2 Å². The van der Waals surface area contributed by atoms with Crippen LogP contribution in [0.25, 0.3) is 0 Å². The third-order valence-electron chi connectivity index (χ3n) is 5.23. The number of methoxy groups -OCH3 is 1. The average Bonchev–Trinajstić information content (AvgIpc) is 3.31. The summed E-state index contributed by atoms with van der Waals surface area (Å²) >= 11 is 0. The number of nitrogens with zero attached hydrogens (tertiary/aromatic N) is 1. The molecule has 2 fully saturated rings. The summed E-state index contributed by atoms with van der Waals surface area (Å²) in [6, 6.07) is 3.81. The molecule has 9 heteroatoms. The van der Waals surface area contributed by atoms with Crippen LogP contribution in [0.5, 0.6) is 5.88 Å². The largest absolute Gasteiger partial charge is 0.481 e. The number of nitrogens with one attached hydrogen (secondary N) is 4. The average molecular weight is 391 g/mol. The van der Waals surface area contributed by atoms with E-state index >= 15 is 0 Å². The van der Waals surface area contributed by atoms with Gasteiger partial charge in [-0.05, 0) is 50.2 Å². The first-order valence-corrected chi connectivity index (χ1v) is 9.81. The van der Waals surface area contributed by atoms with Crippen LogP contribution in [0.2, 0.25) is 0 Å². The van der Waals surface area contributed by atoms with Gasteiger partial charge < -0.3 is 20.1 Å². The zero-order valence-electron chi connectivity index (χ0n) is 16.4. The maximum absolute atomic E-state index is 12.3. The van der Waals surface area contributed by atoms with Crippen molar-refractivity contribution in [3.05, 3.63) is 23.9 Å². The topological polar surface area (TPSA) is 114 Å². The van der Waals surface area contributed by atoms with Gasteiger partial charge in [0, 0.05) is 24.8 Å². The molecule has 154 valence electrons. The summed E-state index contributed by atoms with van der Waals surface area (Å²) in [7, 11) is 1.55. The summed E-state index contributed by atoms with van der Waals surface area (Å²) in [4.78, 5) is 27.9. The Morgan fingerprint density at radius 3 is 2.93 bits per heavy atom. The predicted octanol–water partition coefficient (Wildman–Crippen LogP) is 0.856. The monoisotopic (exact) mass is 391 g/mol. The van der Waals surface area contributed by atoms with Gasteiger partial charge in [0.25, 0.3) is 0 Å². The van der Waals surface area contributed by atoms with E-state index in [9.17, 15) is 9.59 Å². The highest BCUT2D eigenvalue weighted by Gasteiger charge is 2.37. The summed E-state index contributed by atoms with van der Waals surface area (Å²) in [6.45, 7) is 2.43. The molecule has 1 saturated carbocycles. The van der Waals surface area contributed by atoms with Crippen molar-refractivity contribution in [3.8, 4) is 5.88 Å². The minimum atomic E-state index is -0.344. The second-order valence-electron chi connectivity index (χ2n) is 7.26. The second-order valence-corrected chi connectivity index (χ2v) is 7.26. The van der Waals surface area contributed by atoms with E-state index in [4.69, 9.17) is 9.47 Å². The molecule has 2 aliphatic rings. The Balaban J connectivity index is 1.41. The van der Waals surface area contributed by atoms with Crippen LogP contribution in [0.15, 0.2) is 18.3 Å². The highest BCUT2D eigenvalue weighted by molar-refractivity contribution is 5.78. The summed E-state index contributed by atoms with van der Waals surface area (Å²) in [5, 5.41) is 5.67. The zero-order chi connectivity index (χ0) is 19.9. The lowest BCUT2D eigenvalue weighted by Crippen LogP contribution is -2.45. The van der Waals surface area contributed by atoms with Crippen molar-refractivity contribution < 1.29 is 19.1 Å². The molecule has 3 rings (SSSR count). The van der Waals surface area contributed by atoms with Crippen LogP contribution >= 0.6 is 0 Å². The van der Waals surface area contributed by atoms with Crippen LogP contribution in [0.3, 0.4) is 0 Å². The van der Waals surface area contributed by atoms with Crippen molar-refractivity contribution in [3.63, 3.8) is 0 Å². The van der Waals surface area contributed by atoms with E-state index < -0.39 is 0 Å². The van der Waals surface area contributed by atoms with Gasteiger partial charge in [0.2, 0.25) is 11.8 Å². The molecule has 4 N–H and O–H groups in total. The van der Waals surface area contributed by atoms with Gasteiger partial charge in [-0.1, -0.05) is 0 Å². The van der Waals surface area contributed by atoms with E-state index in [0.717, 1.165) is 31.2 Å². The van der Waals surface area contributed by atoms with Crippen LogP contribution in [0.1, 0.15) is 38.2 Å². The molecule has 0 spiro atoms. The second kappa shape index (κ2) is 9.70. The van der Waals surface area contributed by atoms with Crippen LogP contribution in [-0.4, -0.2) is 49.0 Å². The van der Waals surface area contributed by atoms with E-state index in [-0.39, 0.29) is 36.7 Å². The lowest BCUT2D eigenvalue weighted by Gasteiger charge is -2.18. The molecule has 0 bridgehead atoms. The number of carbonyl (C=O) groups is 2. The Morgan fingerprint density at radius 2 is 2.14 bits per heavy atom. The lowest BCUT2D eigenvalue weighted by molar-refractivity contribution is -0.121. The molecule has 1 aromatic heterocycles. The fraction of sp³-hybridized carbons (Fsp3) is 0.632. The molecule has 1 aliphatic carbocycles. The normalized spacial score (nSPS) is 26.6. The molecule has 9 nitrogen and oxygen atoms in total. The van der Waals surface area contributed by atoms with Crippen LogP contribution in [0, 0.1) is 5.92 Å². The fourth-order valence-corrected chi connectivity index (χ4v) is 3.87. The molecule has 2 heterocycles. The molecular formula is C19H29N5O4. The molecule has 2 unspecified atom stereocenters. The third kappa shape index (κ3) is 5.56. The molecule has 4 atom stereocenters. The number of alkyl carbamates (subject to hydrolysis) is 1. The quantitative estimate of drug-likeness (QED) is 0.545. The number of hydrazine groups is 1. The van der Waals surface area contributed by atoms with Gasteiger partial charge in [0.15, 0.2) is 0 Å². The Hall–Kier alpha value is -2.39. The Bertz CT molecular complexity index is 686. The molecule has 0 radical (unpaired) electrons. The zero-order valence-corrected chi connectivity index (χ0v) is 16.4. The van der Waals surface area contributed by atoms with Gasteiger partial charge in [0.1, 0.15) is 6.10 Å². The first-order valence-electron chi connectivity index (χ1n) is 9.81. The first-order chi connectivity index (χ1) is 13.6. The molecule has 1 aliphatic heterocycles. The summed E-state index contributed by atoms with van der Waals surface area (Å²) in [6.07, 6.45) is 4.92. The predicted molar refractivity (Wildman–Crippen MR) is 102 cm³/mol. The highest BCUT2D eigenvalue weighted by atomic mass is 16.6. The number of carbonyl (C=O) groups excluding carboxylic acids is 2. The number of amides is 2. The van der Waals surface area contributed by atoms with Gasteiger partial charge in [0.05, 0.1) is 19.7 Å². The standard InChI is InChI=1S/C19H29N5O4/c1-3-20-19(26)28-14-5-4-13(10-14)15-11-16(24-23-15)22-17(25)8-12-6-7-21-18(9-12)27-2/h6-7,9,13-16,23-24H,3-5,8,10-11H2,1-2H3,(H,20,26)(H,22,25)/t13-,14+,15?,16?/m0/s1. The fourth-order valence-electron chi connectivity index (χ4n) is 3.87. The molecule has 1 aromatic rings. The van der Waals surface area contributed by atoms with E-state index in [1.54, 1.807) is 25.4 Å². The van der Waals surface area contributed by atoms with Gasteiger partial charge in [-0.2, -0.15) is 0 Å². The SMILES string of the molecule is CCNC(=O)O[C@@H]1CC[C@H](C2CC(NC(=O)Cc3ccnc(OC)c3)NN2)C1. The molecule has 2 amide bonds. The van der Waals surface area contributed by atoms with Crippen molar-refractivity contribution in [1.82, 2.24) is 26.5 Å². The Morgan fingerprint density at radius 1 is 1.29 bits per heavy atom. The minimum Gasteiger partial charge on any atom is -0.481 e. The Kier molecular flexibility index (Phi) is 7.05. The highest BCUT2D eigenvalue weighted by Crippen LogP contribution is 2.32. The number of hydrogen-bond acceptors (Lipinski definition) is 7. The number of hydrogen-bond donors (Lipinski definition) is 4. The Labute approximate surface area is 164 Å². The summed E-state index contributed by atoms with van der Waals surface area (Å²) < 4.78 is 10.5. The number of rotatable bonds is 7. The number of pyridine rings is 1. The van der Waals surface area contributed by atoms with Crippen molar-refractivity contribution in [2.24, 2.45) is 5.92 Å². The van der Waals surface area contributed by atoms with Crippen molar-refractivity contribution in [1.29, 1.82) is 0 Å².